The van der Waals surface area contributed by atoms with E-state index in [0.717, 1.165) is 36.5 Å². The third-order valence-corrected chi connectivity index (χ3v) is 1.93. The van der Waals surface area contributed by atoms with Gasteiger partial charge in [-0.15, -0.1) is 0 Å². The van der Waals surface area contributed by atoms with E-state index in [2.05, 4.69) is 6.92 Å². The highest BCUT2D eigenvalue weighted by Crippen LogP contribution is 2.21. The first-order valence-corrected chi connectivity index (χ1v) is 4.49. The van der Waals surface area contributed by atoms with Crippen LogP contribution in [-0.4, -0.2) is 11.7 Å². The number of hydrogen-bond acceptors (Lipinski definition) is 2. The van der Waals surface area contributed by atoms with Gasteiger partial charge in [0.15, 0.2) is 0 Å². The summed E-state index contributed by atoms with van der Waals surface area (Å²) >= 11 is 0. The van der Waals surface area contributed by atoms with Gasteiger partial charge in [0, 0.05) is 0 Å². The predicted octanol–water partition coefficient (Wildman–Crippen LogP) is 2.67. The van der Waals surface area contributed by atoms with Crippen molar-refractivity contribution in [3.63, 3.8) is 0 Å². The minimum absolute atomic E-state index is 0.718. The Hall–Kier alpha value is -1.02. The molecule has 0 aliphatic carbocycles. The summed E-state index contributed by atoms with van der Waals surface area (Å²) in [6.45, 7) is 5.83. The van der Waals surface area contributed by atoms with E-state index >= 15 is 0 Å². The van der Waals surface area contributed by atoms with Gasteiger partial charge in [0.1, 0.15) is 12.4 Å². The van der Waals surface area contributed by atoms with E-state index in [4.69, 9.17) is 9.84 Å². The maximum atomic E-state index is 8.89. The zero-order valence-corrected chi connectivity index (χ0v) is 8.08. The van der Waals surface area contributed by atoms with Crippen LogP contribution >= 0.6 is 0 Å². The van der Waals surface area contributed by atoms with E-state index < -0.39 is 0 Å². The highest BCUT2D eigenvalue weighted by molar-refractivity contribution is 5.41. The minimum atomic E-state index is 0.718. The highest BCUT2D eigenvalue weighted by atomic mass is 16.5. The van der Waals surface area contributed by atoms with E-state index in [1.165, 1.54) is 0 Å². The van der Waals surface area contributed by atoms with Crippen LogP contribution in [0.25, 0.3) is 0 Å². The summed E-state index contributed by atoms with van der Waals surface area (Å²) in [6, 6.07) is 5.65. The van der Waals surface area contributed by atoms with Crippen molar-refractivity contribution in [1.29, 1.82) is 0 Å². The Balaban J connectivity index is 2.81. The van der Waals surface area contributed by atoms with E-state index in [1.54, 1.807) is 0 Å². The molecule has 71 valence electrons. The van der Waals surface area contributed by atoms with Gasteiger partial charge in [-0.05, 0) is 30.5 Å². The van der Waals surface area contributed by atoms with E-state index in [0.29, 0.717) is 0 Å². The van der Waals surface area contributed by atoms with Gasteiger partial charge in [-0.25, -0.2) is 0 Å². The van der Waals surface area contributed by atoms with Gasteiger partial charge in [-0.2, -0.15) is 0 Å². The normalized spacial score (nSPS) is 10.1. The average molecular weight is 179 g/mol. The van der Waals surface area contributed by atoms with E-state index in [1.807, 2.05) is 25.1 Å². The van der Waals surface area contributed by atoms with Gasteiger partial charge in [0.2, 0.25) is 0 Å². The fourth-order valence-electron chi connectivity index (χ4n) is 1.14. The fraction of sp³-hybridized carbons (Fsp3) is 0.364. The van der Waals surface area contributed by atoms with Gasteiger partial charge in [0.05, 0.1) is 6.61 Å². The van der Waals surface area contributed by atoms with Crippen molar-refractivity contribution in [3.05, 3.63) is 35.9 Å². The number of aliphatic hydroxyl groups is 1. The molecule has 0 fully saturated rings. The third-order valence-electron chi connectivity index (χ3n) is 1.93. The Labute approximate surface area is 79.2 Å². The van der Waals surface area contributed by atoms with Crippen molar-refractivity contribution < 1.29 is 9.84 Å². The molecule has 0 amide bonds. The van der Waals surface area contributed by atoms with Crippen molar-refractivity contribution in [2.75, 3.05) is 6.61 Å². The Morgan fingerprint density at radius 3 is 2.85 bits per heavy atom. The molecule has 1 radical (unpaired) electrons. The summed E-state index contributed by atoms with van der Waals surface area (Å²) < 4.78 is 5.50. The molecule has 0 aliphatic rings. The molecule has 0 bridgehead atoms. The molecule has 0 saturated heterocycles. The van der Waals surface area contributed by atoms with Crippen LogP contribution in [0.4, 0.5) is 0 Å². The molecule has 0 spiro atoms. The molecular formula is C11H15O2. The first-order valence-electron chi connectivity index (χ1n) is 4.49. The fourth-order valence-corrected chi connectivity index (χ4v) is 1.14. The van der Waals surface area contributed by atoms with Crippen molar-refractivity contribution in [1.82, 2.24) is 0 Å². The topological polar surface area (TPSA) is 29.5 Å². The lowest BCUT2D eigenvalue weighted by atomic mass is 10.1. The quantitative estimate of drug-likeness (QED) is 0.770. The monoisotopic (exact) mass is 179 g/mol. The molecule has 1 aromatic rings. The van der Waals surface area contributed by atoms with E-state index in [-0.39, 0.29) is 0 Å². The number of benzene rings is 1. The lowest BCUT2D eigenvalue weighted by Crippen LogP contribution is -1.98. The van der Waals surface area contributed by atoms with Gasteiger partial charge in [0.25, 0.3) is 0 Å². The molecule has 1 rings (SSSR count). The van der Waals surface area contributed by atoms with Crippen LogP contribution < -0.4 is 4.74 Å². The van der Waals surface area contributed by atoms with Crippen molar-refractivity contribution in [2.45, 2.75) is 20.3 Å². The second-order valence-electron chi connectivity index (χ2n) is 2.95. The molecule has 0 unspecified atom stereocenters. The first-order chi connectivity index (χ1) is 6.29. The maximum absolute atomic E-state index is 8.89. The van der Waals surface area contributed by atoms with Gasteiger partial charge >= 0.3 is 0 Å². The summed E-state index contributed by atoms with van der Waals surface area (Å²) in [4.78, 5) is 0. The number of aliphatic hydroxyl groups excluding tert-OH is 1. The Morgan fingerprint density at radius 2 is 2.23 bits per heavy atom. The van der Waals surface area contributed by atoms with Crippen LogP contribution in [-0.2, 0) is 0 Å². The SMILES string of the molecule is CCCOc1cccc([CH]O)c1C. The molecule has 0 heterocycles. The number of hydrogen-bond donors (Lipinski definition) is 1. The Morgan fingerprint density at radius 1 is 1.46 bits per heavy atom. The highest BCUT2D eigenvalue weighted by Gasteiger charge is 2.03. The summed E-state index contributed by atoms with van der Waals surface area (Å²) in [5, 5.41) is 8.89. The lowest BCUT2D eigenvalue weighted by Gasteiger charge is -2.10. The first kappa shape index (κ1) is 10.1. The standard InChI is InChI=1S/C11H15O2/c1-3-7-13-11-6-4-5-10(8-12)9(11)2/h4-6,8,12H,3,7H2,1-2H3. The van der Waals surface area contributed by atoms with Gasteiger partial charge < -0.3 is 9.84 Å². The molecule has 0 atom stereocenters. The van der Waals surface area contributed by atoms with E-state index in [9.17, 15) is 0 Å². The Kier molecular flexibility index (Phi) is 3.77. The van der Waals surface area contributed by atoms with Crippen LogP contribution in [0.5, 0.6) is 5.75 Å². The lowest BCUT2D eigenvalue weighted by molar-refractivity contribution is 0.314. The van der Waals surface area contributed by atoms with Crippen LogP contribution in [0.3, 0.4) is 0 Å². The largest absolute Gasteiger partial charge is 0.493 e. The summed E-state index contributed by atoms with van der Waals surface area (Å²) in [5.74, 6) is 0.852. The zero-order valence-electron chi connectivity index (χ0n) is 8.08. The average Bonchev–Trinajstić information content (AvgIpc) is 2.16. The molecule has 1 aromatic carbocycles. The van der Waals surface area contributed by atoms with Crippen LogP contribution in [0.1, 0.15) is 24.5 Å². The predicted molar refractivity (Wildman–Crippen MR) is 52.3 cm³/mol. The molecule has 1 N–H and O–H groups in total. The molecule has 0 saturated carbocycles. The van der Waals surface area contributed by atoms with Crippen LogP contribution in [0, 0.1) is 13.5 Å². The molecule has 0 aromatic heterocycles. The Bertz CT molecular complexity index is 269. The smallest absolute Gasteiger partial charge is 0.122 e. The van der Waals surface area contributed by atoms with Crippen molar-refractivity contribution in [3.8, 4) is 5.75 Å². The summed E-state index contributed by atoms with van der Waals surface area (Å²) in [7, 11) is 0. The number of rotatable bonds is 4. The second kappa shape index (κ2) is 4.87. The summed E-state index contributed by atoms with van der Waals surface area (Å²) in [6.07, 6.45) is 0.993. The van der Waals surface area contributed by atoms with Gasteiger partial charge in [-0.1, -0.05) is 19.1 Å². The van der Waals surface area contributed by atoms with Crippen LogP contribution in [0.15, 0.2) is 18.2 Å². The van der Waals surface area contributed by atoms with Crippen LogP contribution in [0.2, 0.25) is 0 Å². The molecule has 2 nitrogen and oxygen atoms in total. The van der Waals surface area contributed by atoms with Crippen molar-refractivity contribution >= 4 is 0 Å². The number of ether oxygens (including phenoxy) is 1. The zero-order chi connectivity index (χ0) is 9.68. The third kappa shape index (κ3) is 2.46. The minimum Gasteiger partial charge on any atom is -0.493 e. The molecule has 0 aliphatic heterocycles. The van der Waals surface area contributed by atoms with Crippen molar-refractivity contribution in [2.24, 2.45) is 0 Å². The maximum Gasteiger partial charge on any atom is 0.122 e. The molecule has 2 heteroatoms. The second-order valence-corrected chi connectivity index (χ2v) is 2.95. The summed E-state index contributed by atoms with van der Waals surface area (Å²) in [5.41, 5.74) is 1.80. The van der Waals surface area contributed by atoms with Gasteiger partial charge in [-0.3, -0.25) is 0 Å². The molecular weight excluding hydrogens is 164 g/mol. The molecule has 13 heavy (non-hydrogen) atoms.